The van der Waals surface area contributed by atoms with Gasteiger partial charge in [-0.25, -0.2) is 0 Å². The summed E-state index contributed by atoms with van der Waals surface area (Å²) >= 11 is 0. The fourth-order valence-corrected chi connectivity index (χ4v) is 2.03. The first-order valence-electron chi connectivity index (χ1n) is 7.26. The Kier molecular flexibility index (Phi) is 4.65. The van der Waals surface area contributed by atoms with Crippen LogP contribution in [0.15, 0.2) is 18.2 Å². The second-order valence-corrected chi connectivity index (χ2v) is 5.58. The molecule has 1 aromatic carbocycles. The Morgan fingerprint density at radius 2 is 2.05 bits per heavy atom. The second kappa shape index (κ2) is 6.27. The van der Waals surface area contributed by atoms with E-state index < -0.39 is 6.10 Å². The van der Waals surface area contributed by atoms with Gasteiger partial charge in [0.2, 0.25) is 0 Å². The number of amides is 1. The summed E-state index contributed by atoms with van der Waals surface area (Å²) < 4.78 is 5.77. The first kappa shape index (κ1) is 14.9. The highest BCUT2D eigenvalue weighted by Crippen LogP contribution is 2.24. The van der Waals surface area contributed by atoms with Crippen molar-refractivity contribution in [2.24, 2.45) is 0 Å². The van der Waals surface area contributed by atoms with Crippen molar-refractivity contribution in [2.75, 3.05) is 7.05 Å². The highest BCUT2D eigenvalue weighted by Gasteiger charge is 2.26. The van der Waals surface area contributed by atoms with E-state index in [1.165, 1.54) is 5.56 Å². The van der Waals surface area contributed by atoms with E-state index in [0.29, 0.717) is 12.1 Å². The molecule has 1 amide bonds. The van der Waals surface area contributed by atoms with Gasteiger partial charge in [0, 0.05) is 12.1 Å². The molecule has 0 saturated heterocycles. The van der Waals surface area contributed by atoms with Crippen molar-refractivity contribution < 1.29 is 9.53 Å². The number of carbonyl (C=O) groups is 1. The molecular formula is C16H24N2O2. The maximum atomic E-state index is 11.9. The molecule has 1 aromatic rings. The van der Waals surface area contributed by atoms with Gasteiger partial charge in [0.25, 0.3) is 5.91 Å². The highest BCUT2D eigenvalue weighted by molar-refractivity contribution is 5.81. The summed E-state index contributed by atoms with van der Waals surface area (Å²) in [4.78, 5) is 11.9. The van der Waals surface area contributed by atoms with Crippen LogP contribution in [0.5, 0.6) is 5.75 Å². The molecule has 2 unspecified atom stereocenters. The number of carbonyl (C=O) groups excluding carboxylic acids is 1. The van der Waals surface area contributed by atoms with Gasteiger partial charge in [0.05, 0.1) is 0 Å². The van der Waals surface area contributed by atoms with Crippen molar-refractivity contribution in [3.05, 3.63) is 29.3 Å². The number of hydrogen-bond acceptors (Lipinski definition) is 3. The van der Waals surface area contributed by atoms with Crippen LogP contribution in [0.3, 0.4) is 0 Å². The van der Waals surface area contributed by atoms with Gasteiger partial charge in [0.1, 0.15) is 5.75 Å². The molecule has 2 rings (SSSR count). The summed E-state index contributed by atoms with van der Waals surface area (Å²) in [6, 6.07) is 6.75. The molecule has 110 valence electrons. The SMILES string of the molecule is CNC(C)c1ccc(OC(C)C(=O)NC2CC2)c(C)c1. The molecule has 0 bridgehead atoms. The third-order valence-corrected chi connectivity index (χ3v) is 3.73. The van der Waals surface area contributed by atoms with E-state index in [0.717, 1.165) is 24.2 Å². The fourth-order valence-electron chi connectivity index (χ4n) is 2.03. The van der Waals surface area contributed by atoms with Crippen LogP contribution in [0, 0.1) is 6.92 Å². The normalized spacial score (nSPS) is 17.4. The summed E-state index contributed by atoms with van der Waals surface area (Å²) in [5, 5.41) is 6.17. The zero-order chi connectivity index (χ0) is 14.7. The van der Waals surface area contributed by atoms with Gasteiger partial charge in [-0.05, 0) is 57.9 Å². The molecule has 0 spiro atoms. The molecule has 0 heterocycles. The molecule has 1 fully saturated rings. The zero-order valence-electron chi connectivity index (χ0n) is 12.7. The Balaban J connectivity index is 1.99. The lowest BCUT2D eigenvalue weighted by Gasteiger charge is -2.18. The zero-order valence-corrected chi connectivity index (χ0v) is 12.7. The van der Waals surface area contributed by atoms with E-state index in [4.69, 9.17) is 4.74 Å². The average Bonchev–Trinajstić information content (AvgIpc) is 3.23. The van der Waals surface area contributed by atoms with Crippen LogP contribution in [0.25, 0.3) is 0 Å². The molecule has 0 radical (unpaired) electrons. The maximum Gasteiger partial charge on any atom is 0.260 e. The monoisotopic (exact) mass is 276 g/mol. The van der Waals surface area contributed by atoms with Gasteiger partial charge in [0.15, 0.2) is 6.10 Å². The van der Waals surface area contributed by atoms with E-state index >= 15 is 0 Å². The van der Waals surface area contributed by atoms with Crippen LogP contribution in [0.2, 0.25) is 0 Å². The van der Waals surface area contributed by atoms with E-state index in [2.05, 4.69) is 23.6 Å². The van der Waals surface area contributed by atoms with E-state index in [-0.39, 0.29) is 5.91 Å². The lowest BCUT2D eigenvalue weighted by molar-refractivity contribution is -0.127. The lowest BCUT2D eigenvalue weighted by Crippen LogP contribution is -2.37. The molecule has 1 aliphatic carbocycles. The molecule has 1 aliphatic rings. The largest absolute Gasteiger partial charge is 0.481 e. The number of hydrogen-bond donors (Lipinski definition) is 2. The number of rotatable bonds is 6. The molecule has 4 heteroatoms. The van der Waals surface area contributed by atoms with Crippen molar-refractivity contribution in [3.63, 3.8) is 0 Å². The topological polar surface area (TPSA) is 50.4 Å². The molecule has 2 N–H and O–H groups in total. The number of benzene rings is 1. The Morgan fingerprint density at radius 3 is 2.60 bits per heavy atom. The predicted octanol–water partition coefficient (Wildman–Crippen LogP) is 2.32. The third-order valence-electron chi connectivity index (χ3n) is 3.73. The quantitative estimate of drug-likeness (QED) is 0.838. The minimum absolute atomic E-state index is 0.0282. The van der Waals surface area contributed by atoms with Gasteiger partial charge < -0.3 is 15.4 Å². The van der Waals surface area contributed by atoms with E-state index in [9.17, 15) is 4.79 Å². The smallest absolute Gasteiger partial charge is 0.260 e. The molecule has 20 heavy (non-hydrogen) atoms. The second-order valence-electron chi connectivity index (χ2n) is 5.58. The van der Waals surface area contributed by atoms with Crippen LogP contribution in [0.1, 0.15) is 43.9 Å². The van der Waals surface area contributed by atoms with E-state index in [1.807, 2.05) is 26.1 Å². The molecule has 1 saturated carbocycles. The standard InChI is InChI=1S/C16H24N2O2/c1-10-9-13(11(2)17-4)5-8-15(10)20-12(3)16(19)18-14-6-7-14/h5,8-9,11-12,14,17H,6-7H2,1-4H3,(H,18,19). The van der Waals surface area contributed by atoms with Gasteiger partial charge in [-0.15, -0.1) is 0 Å². The van der Waals surface area contributed by atoms with Crippen LogP contribution in [0.4, 0.5) is 0 Å². The fraction of sp³-hybridized carbons (Fsp3) is 0.562. The first-order chi connectivity index (χ1) is 9.51. The summed E-state index contributed by atoms with van der Waals surface area (Å²) in [7, 11) is 1.94. The van der Waals surface area contributed by atoms with Crippen molar-refractivity contribution >= 4 is 5.91 Å². The average molecular weight is 276 g/mol. The summed E-state index contributed by atoms with van der Waals surface area (Å²) in [5.41, 5.74) is 2.27. The molecular weight excluding hydrogens is 252 g/mol. The predicted molar refractivity (Wildman–Crippen MR) is 79.9 cm³/mol. The van der Waals surface area contributed by atoms with Gasteiger partial charge in [-0.2, -0.15) is 0 Å². The van der Waals surface area contributed by atoms with Gasteiger partial charge >= 0.3 is 0 Å². The summed E-state index contributed by atoms with van der Waals surface area (Å²) in [6.07, 6.45) is 1.73. The van der Waals surface area contributed by atoms with Crippen LogP contribution in [-0.4, -0.2) is 25.1 Å². The van der Waals surface area contributed by atoms with Crippen LogP contribution >= 0.6 is 0 Å². The molecule has 2 atom stereocenters. The molecule has 0 aromatic heterocycles. The highest BCUT2D eigenvalue weighted by atomic mass is 16.5. The van der Waals surface area contributed by atoms with Crippen molar-refractivity contribution in [1.82, 2.24) is 10.6 Å². The Labute approximate surface area is 120 Å². The summed E-state index contributed by atoms with van der Waals surface area (Å²) in [5.74, 6) is 0.745. The number of aryl methyl sites for hydroxylation is 1. The van der Waals surface area contributed by atoms with Crippen molar-refractivity contribution in [3.8, 4) is 5.75 Å². The molecule has 4 nitrogen and oxygen atoms in total. The lowest BCUT2D eigenvalue weighted by atomic mass is 10.1. The maximum absolute atomic E-state index is 11.9. The van der Waals surface area contributed by atoms with Gasteiger partial charge in [-0.1, -0.05) is 12.1 Å². The van der Waals surface area contributed by atoms with Crippen LogP contribution in [-0.2, 0) is 4.79 Å². The van der Waals surface area contributed by atoms with E-state index in [1.54, 1.807) is 6.92 Å². The minimum Gasteiger partial charge on any atom is -0.481 e. The number of ether oxygens (including phenoxy) is 1. The minimum atomic E-state index is -0.457. The first-order valence-corrected chi connectivity index (χ1v) is 7.26. The van der Waals surface area contributed by atoms with Gasteiger partial charge in [-0.3, -0.25) is 4.79 Å². The van der Waals surface area contributed by atoms with Crippen molar-refractivity contribution in [2.45, 2.75) is 51.8 Å². The Morgan fingerprint density at radius 1 is 1.35 bits per heavy atom. The third kappa shape index (κ3) is 3.73. The Hall–Kier alpha value is -1.55. The van der Waals surface area contributed by atoms with Crippen LogP contribution < -0.4 is 15.4 Å². The molecule has 0 aliphatic heterocycles. The summed E-state index contributed by atoms with van der Waals surface area (Å²) in [6.45, 7) is 5.91. The number of nitrogens with one attached hydrogen (secondary N) is 2. The Bertz CT molecular complexity index is 483. The van der Waals surface area contributed by atoms with Crippen molar-refractivity contribution in [1.29, 1.82) is 0 Å².